The third kappa shape index (κ3) is 3.72. The fourth-order valence-electron chi connectivity index (χ4n) is 2.30. The Morgan fingerprint density at radius 1 is 1.44 bits per heavy atom. The third-order valence-corrected chi connectivity index (χ3v) is 4.27. The molecule has 1 unspecified atom stereocenters. The van der Waals surface area contributed by atoms with Crippen molar-refractivity contribution >= 4 is 11.6 Å². The maximum absolute atomic E-state index is 6.26. The molecule has 1 atom stereocenters. The van der Waals surface area contributed by atoms with Crippen molar-refractivity contribution in [2.75, 3.05) is 6.54 Å². The Morgan fingerprint density at radius 3 is 2.78 bits per heavy atom. The fraction of sp³-hybridized carbons (Fsp3) is 0.786. The number of nitrogens with zero attached hydrogens (tertiary/aromatic N) is 2. The van der Waals surface area contributed by atoms with Crippen LogP contribution in [0.1, 0.15) is 51.3 Å². The van der Waals surface area contributed by atoms with Gasteiger partial charge in [-0.1, -0.05) is 13.8 Å². The minimum Gasteiger partial charge on any atom is -0.310 e. The van der Waals surface area contributed by atoms with Crippen molar-refractivity contribution in [1.82, 2.24) is 15.1 Å². The van der Waals surface area contributed by atoms with Crippen molar-refractivity contribution in [2.45, 2.75) is 57.5 Å². The number of alkyl halides is 1. The fourth-order valence-corrected chi connectivity index (χ4v) is 2.66. The van der Waals surface area contributed by atoms with Crippen molar-refractivity contribution < 1.29 is 0 Å². The predicted molar refractivity (Wildman–Crippen MR) is 75.9 cm³/mol. The second kappa shape index (κ2) is 6.58. The molecule has 1 N–H and O–H groups in total. The van der Waals surface area contributed by atoms with E-state index in [0.29, 0.717) is 11.4 Å². The normalized spacial score (nSPS) is 17.3. The molecule has 1 aromatic heterocycles. The zero-order valence-corrected chi connectivity index (χ0v) is 12.2. The van der Waals surface area contributed by atoms with Gasteiger partial charge in [-0.3, -0.25) is 4.68 Å². The summed E-state index contributed by atoms with van der Waals surface area (Å²) in [5.41, 5.74) is 1.11. The quantitative estimate of drug-likeness (QED) is 0.734. The van der Waals surface area contributed by atoms with Crippen LogP contribution >= 0.6 is 11.6 Å². The zero-order chi connectivity index (χ0) is 13.0. The van der Waals surface area contributed by atoms with E-state index < -0.39 is 0 Å². The van der Waals surface area contributed by atoms with Crippen LogP contribution in [0.15, 0.2) is 12.3 Å². The van der Waals surface area contributed by atoms with E-state index in [0.717, 1.165) is 37.5 Å². The molecule has 1 saturated carbocycles. The van der Waals surface area contributed by atoms with Gasteiger partial charge < -0.3 is 5.32 Å². The first-order valence-electron chi connectivity index (χ1n) is 7.13. The summed E-state index contributed by atoms with van der Waals surface area (Å²) >= 11 is 6.26. The average molecular weight is 270 g/mol. The van der Waals surface area contributed by atoms with E-state index in [2.05, 4.69) is 41.2 Å². The second-order valence-electron chi connectivity index (χ2n) is 5.24. The van der Waals surface area contributed by atoms with Crippen LogP contribution in [0.25, 0.3) is 0 Å². The van der Waals surface area contributed by atoms with Gasteiger partial charge in [-0.15, -0.1) is 11.6 Å². The van der Waals surface area contributed by atoms with E-state index in [1.165, 1.54) is 12.8 Å². The summed E-state index contributed by atoms with van der Waals surface area (Å²) in [7, 11) is 0. The average Bonchev–Trinajstić information content (AvgIpc) is 3.13. The Balaban J connectivity index is 1.75. The van der Waals surface area contributed by atoms with Gasteiger partial charge in [0.25, 0.3) is 0 Å². The highest BCUT2D eigenvalue weighted by Gasteiger charge is 2.29. The standard InChI is InChI=1S/C14H24ClN3/c1-3-13(4-2)18-8-7-12(17-18)9-16-10-14(15)11-5-6-11/h7-8,11,13-14,16H,3-6,9-10H2,1-2H3. The van der Waals surface area contributed by atoms with Gasteiger partial charge in [-0.25, -0.2) is 0 Å². The summed E-state index contributed by atoms with van der Waals surface area (Å²) < 4.78 is 2.09. The first kappa shape index (κ1) is 13.9. The van der Waals surface area contributed by atoms with Gasteiger partial charge >= 0.3 is 0 Å². The molecule has 18 heavy (non-hydrogen) atoms. The molecule has 1 fully saturated rings. The topological polar surface area (TPSA) is 29.9 Å². The Morgan fingerprint density at radius 2 is 2.17 bits per heavy atom. The molecule has 102 valence electrons. The van der Waals surface area contributed by atoms with Crippen LogP contribution in [0, 0.1) is 5.92 Å². The maximum Gasteiger partial charge on any atom is 0.0762 e. The van der Waals surface area contributed by atoms with E-state index in [9.17, 15) is 0 Å². The minimum atomic E-state index is 0.297. The minimum absolute atomic E-state index is 0.297. The van der Waals surface area contributed by atoms with Gasteiger partial charge in [0.05, 0.1) is 11.7 Å². The van der Waals surface area contributed by atoms with E-state index in [4.69, 9.17) is 11.6 Å². The first-order chi connectivity index (χ1) is 8.74. The van der Waals surface area contributed by atoms with Gasteiger partial charge in [0, 0.05) is 24.7 Å². The highest BCUT2D eigenvalue weighted by molar-refractivity contribution is 6.21. The maximum atomic E-state index is 6.26. The van der Waals surface area contributed by atoms with Crippen LogP contribution in [0.2, 0.25) is 0 Å². The van der Waals surface area contributed by atoms with Crippen molar-refractivity contribution in [3.63, 3.8) is 0 Å². The van der Waals surface area contributed by atoms with Gasteiger partial charge in [0.15, 0.2) is 0 Å². The molecule has 2 rings (SSSR count). The van der Waals surface area contributed by atoms with Crippen LogP contribution in [0.3, 0.4) is 0 Å². The van der Waals surface area contributed by atoms with Crippen LogP contribution in [-0.4, -0.2) is 21.7 Å². The lowest BCUT2D eigenvalue weighted by molar-refractivity contribution is 0.424. The van der Waals surface area contributed by atoms with Crippen molar-refractivity contribution in [3.05, 3.63) is 18.0 Å². The number of aromatic nitrogens is 2. The lowest BCUT2D eigenvalue weighted by atomic mass is 10.2. The van der Waals surface area contributed by atoms with Gasteiger partial charge in [0.1, 0.15) is 0 Å². The Labute approximate surface area is 115 Å². The summed E-state index contributed by atoms with van der Waals surface area (Å²) in [6.07, 6.45) is 6.97. The molecule has 4 heteroatoms. The summed E-state index contributed by atoms with van der Waals surface area (Å²) in [6, 6.07) is 2.64. The number of nitrogens with one attached hydrogen (secondary N) is 1. The van der Waals surface area contributed by atoms with Crippen LogP contribution < -0.4 is 5.32 Å². The van der Waals surface area contributed by atoms with Gasteiger partial charge in [-0.05, 0) is 37.7 Å². The Hall–Kier alpha value is -0.540. The SMILES string of the molecule is CCC(CC)n1ccc(CNCC(Cl)C2CC2)n1. The number of rotatable bonds is 8. The molecular formula is C14H24ClN3. The lowest BCUT2D eigenvalue weighted by Crippen LogP contribution is -2.24. The molecule has 0 amide bonds. The number of halogens is 1. The molecule has 3 nitrogen and oxygen atoms in total. The molecule has 1 aliphatic rings. The zero-order valence-electron chi connectivity index (χ0n) is 11.4. The molecule has 1 aromatic rings. The van der Waals surface area contributed by atoms with Crippen LogP contribution in [0.5, 0.6) is 0 Å². The molecule has 0 radical (unpaired) electrons. The van der Waals surface area contributed by atoms with E-state index >= 15 is 0 Å². The summed E-state index contributed by atoms with van der Waals surface area (Å²) in [5, 5.41) is 8.32. The number of hydrogen-bond acceptors (Lipinski definition) is 2. The monoisotopic (exact) mass is 269 g/mol. The van der Waals surface area contributed by atoms with E-state index in [1.54, 1.807) is 0 Å². The molecule has 1 aliphatic carbocycles. The molecule has 1 heterocycles. The molecule has 0 bridgehead atoms. The Kier molecular flexibility index (Phi) is 5.07. The summed E-state index contributed by atoms with van der Waals surface area (Å²) in [5.74, 6) is 0.751. The molecular weight excluding hydrogens is 246 g/mol. The number of hydrogen-bond donors (Lipinski definition) is 1. The predicted octanol–water partition coefficient (Wildman–Crippen LogP) is 3.35. The van der Waals surface area contributed by atoms with Gasteiger partial charge in [0.2, 0.25) is 0 Å². The van der Waals surface area contributed by atoms with Gasteiger partial charge in [-0.2, -0.15) is 5.10 Å². The van der Waals surface area contributed by atoms with Crippen LogP contribution in [0.4, 0.5) is 0 Å². The van der Waals surface area contributed by atoms with Crippen molar-refractivity contribution in [2.24, 2.45) is 5.92 Å². The lowest BCUT2D eigenvalue weighted by Gasteiger charge is -2.12. The molecule has 0 aliphatic heterocycles. The van der Waals surface area contributed by atoms with E-state index in [-0.39, 0.29) is 0 Å². The highest BCUT2D eigenvalue weighted by atomic mass is 35.5. The highest BCUT2D eigenvalue weighted by Crippen LogP contribution is 2.35. The van der Waals surface area contributed by atoms with E-state index in [1.807, 2.05) is 0 Å². The summed E-state index contributed by atoms with van der Waals surface area (Å²) in [6.45, 7) is 6.14. The first-order valence-corrected chi connectivity index (χ1v) is 7.57. The van der Waals surface area contributed by atoms with Crippen LogP contribution in [-0.2, 0) is 6.54 Å². The molecule has 0 spiro atoms. The molecule has 0 aromatic carbocycles. The smallest absolute Gasteiger partial charge is 0.0762 e. The largest absolute Gasteiger partial charge is 0.310 e. The Bertz CT molecular complexity index is 356. The summed E-state index contributed by atoms with van der Waals surface area (Å²) in [4.78, 5) is 0. The van der Waals surface area contributed by atoms with Crippen molar-refractivity contribution in [3.8, 4) is 0 Å². The second-order valence-corrected chi connectivity index (χ2v) is 5.80. The molecule has 0 saturated heterocycles. The third-order valence-electron chi connectivity index (χ3n) is 3.76. The van der Waals surface area contributed by atoms with Crippen molar-refractivity contribution in [1.29, 1.82) is 0 Å².